The molecule has 4 aromatic rings. The van der Waals surface area contributed by atoms with Crippen LogP contribution in [0.4, 0.5) is 11.6 Å². The average Bonchev–Trinajstić information content (AvgIpc) is 1.55. The van der Waals surface area contributed by atoms with Crippen molar-refractivity contribution in [3.63, 3.8) is 0 Å². The Morgan fingerprint density at radius 1 is 0.661 bits per heavy atom. The molecule has 15 N–H and O–H groups in total. The highest BCUT2D eigenvalue weighted by atomic mass is 32.1. The predicted molar refractivity (Wildman–Crippen MR) is 400 cm³/mol. The lowest BCUT2D eigenvalue weighted by Crippen LogP contribution is -2.62. The zero-order valence-corrected chi connectivity index (χ0v) is 63.2. The van der Waals surface area contributed by atoms with Crippen molar-refractivity contribution in [1.29, 1.82) is 0 Å². The molecule has 1 spiro atoms. The number of carbonyl (C=O) groups is 14. The number of hydrogen-bond acceptors (Lipinski definition) is 25. The normalized spacial score (nSPS) is 20.0. The number of likely N-dealkylation sites (tertiary alicyclic amines) is 4. The minimum Gasteiger partial charge on any atom is -0.508 e. The van der Waals surface area contributed by atoms with E-state index >= 15 is 0 Å². The van der Waals surface area contributed by atoms with Crippen molar-refractivity contribution in [2.75, 3.05) is 38.0 Å². The van der Waals surface area contributed by atoms with Gasteiger partial charge < -0.3 is 112 Å². The van der Waals surface area contributed by atoms with Gasteiger partial charge in [0.15, 0.2) is 16.5 Å². The quantitative estimate of drug-likeness (QED) is 0.00772. The lowest BCUT2D eigenvalue weighted by molar-refractivity contribution is -0.402. The van der Waals surface area contributed by atoms with Crippen molar-refractivity contribution < 1.29 is 121 Å². The number of carboxylic acids is 3. The molecule has 0 radical (unpaired) electrons. The maximum absolute atomic E-state index is 15.0. The number of amides is 10. The molecular weight excluding hydrogens is 1530 g/mol. The summed E-state index contributed by atoms with van der Waals surface area (Å²) in [5, 5.41) is 93.9. The Morgan fingerprint density at radius 3 is 1.87 bits per heavy atom. The molecule has 11 atom stereocenters. The van der Waals surface area contributed by atoms with Crippen molar-refractivity contribution in [1.82, 2.24) is 51.5 Å². The highest BCUT2D eigenvalue weighted by molar-refractivity contribution is 7.80. The average molecular weight is 1620 g/mol. The topological polar surface area (TPSA) is 580 Å². The number of phenols is 2. The number of unbranched alkanes of at least 4 members (excludes halogenated alkanes) is 1. The SMILES string of the molecule is C[C@H](NC(=O)[C@@H](NC(=O)[C@@H]1CCCN1C(=O)[C@H](CCC(=O)O)NC(=O)[C@@H]1CCCN1C(=O)CCCCNC(=S)Nc1ccc2c(c1)C1(OC2=O)c2ccc(O)cc2Oc2cc(O)ccc21)[C@@H](C)O)C(=O)N1CCCCC1C(=O)N1C[C@H](O/N=C\c2ccc([N+](=O)[O-])o2)C[C@H]1C(=O)N[C@@H](CCC(=O)O)C(=O)N[C@@H](CCC(=O)O)C(N)=O. The number of anilines is 1. The number of furan rings is 1. The third kappa shape index (κ3) is 20.3. The van der Waals surface area contributed by atoms with E-state index in [9.17, 15) is 108 Å². The number of nitrogens with two attached hydrogens (primary N) is 1. The van der Waals surface area contributed by atoms with Crippen LogP contribution < -0.4 is 47.7 Å². The molecule has 40 nitrogen and oxygen atoms in total. The summed E-state index contributed by atoms with van der Waals surface area (Å²) < 4.78 is 17.3. The van der Waals surface area contributed by atoms with E-state index in [1.165, 1.54) is 42.2 Å². The van der Waals surface area contributed by atoms with Crippen molar-refractivity contribution in [2.24, 2.45) is 10.9 Å². The largest absolute Gasteiger partial charge is 0.508 e. The van der Waals surface area contributed by atoms with Crippen LogP contribution in [0.25, 0.3) is 0 Å². The molecule has 10 amide bonds. The molecule has 10 rings (SSSR count). The standard InChI is InChI=1S/C74H88N14O26S/c1-37(69(105)86-28-6-4-9-53(86)71(107)87-36-43(114-77-35-42-16-23-58(111-42)88(109)110)34-54(87)67(103)81-49(21-25-60(95)96)64(100)80-48(63(75)99)20-24-59(93)94)78-68(104)62(38(2)89)83-66(102)52-11-8-30-85(52)70(106)50(22-26-61(97)98)82-65(101)51-10-7-29-84(51)57(92)12-3-5-27-76-73(115)79-39-13-17-44-47(31-39)74(113-72(44)108)45-18-14-40(90)32-55(45)112-56-33-41(91)15-19-46(56)74/h13-19,23,31-33,35,37-38,43,48-54,62,89-91H,3-12,20-22,24-30,34,36H2,1-2H3,(H2,75,99)(H,78,104)(H,80,100)(H,81,103)(H,82,101)(H,83,102)(H,93,94)(H,95,96)(H,97,98)(H2,76,79,115)/b77-35-/t37-,38+,43+,48-,49-,50-,51-,52-,53?,54-,62-/m0/s1. The van der Waals surface area contributed by atoms with E-state index in [-0.39, 0.29) is 104 Å². The van der Waals surface area contributed by atoms with E-state index in [4.69, 9.17) is 36.7 Å². The molecule has 0 saturated carbocycles. The van der Waals surface area contributed by atoms with Crippen LogP contribution in [-0.4, -0.2) is 249 Å². The molecule has 7 heterocycles. The number of benzene rings is 3. The summed E-state index contributed by atoms with van der Waals surface area (Å²) in [6.07, 6.45) is -3.30. The number of aliphatic hydroxyl groups is 1. The molecule has 1 aromatic heterocycles. The van der Waals surface area contributed by atoms with Crippen molar-refractivity contribution in [3.8, 4) is 23.0 Å². The Balaban J connectivity index is 0.734. The maximum Gasteiger partial charge on any atom is 0.433 e. The van der Waals surface area contributed by atoms with Crippen LogP contribution in [0.1, 0.15) is 156 Å². The summed E-state index contributed by atoms with van der Waals surface area (Å²) in [6, 6.07) is 2.57. The zero-order chi connectivity index (χ0) is 83.3. The van der Waals surface area contributed by atoms with Gasteiger partial charge in [-0.1, -0.05) is 5.16 Å². The fourth-order valence-electron chi connectivity index (χ4n) is 14.9. The minimum atomic E-state index is -1.80. The summed E-state index contributed by atoms with van der Waals surface area (Å²) in [5.74, 6) is -14.2. The number of carboxylic acid groups (broad SMARTS) is 3. The number of aliphatic carboxylic acids is 3. The van der Waals surface area contributed by atoms with Crippen LogP contribution in [0.5, 0.6) is 23.0 Å². The second-order valence-electron chi connectivity index (χ2n) is 28.6. The number of hydrogen-bond donors (Lipinski definition) is 14. The number of thiocarbonyl (C=S) groups is 1. The van der Waals surface area contributed by atoms with Crippen molar-refractivity contribution in [2.45, 2.75) is 195 Å². The number of nitrogens with one attached hydrogen (secondary N) is 7. The molecule has 6 aliphatic heterocycles. The van der Waals surface area contributed by atoms with Crippen LogP contribution >= 0.6 is 12.2 Å². The number of primary amides is 1. The fourth-order valence-corrected chi connectivity index (χ4v) is 15.1. The summed E-state index contributed by atoms with van der Waals surface area (Å²) in [7, 11) is 0. The van der Waals surface area contributed by atoms with Gasteiger partial charge in [0.2, 0.25) is 59.1 Å². The lowest BCUT2D eigenvalue weighted by Gasteiger charge is -2.39. The van der Waals surface area contributed by atoms with Crippen LogP contribution in [0.3, 0.4) is 0 Å². The number of carbonyl (C=O) groups excluding carboxylic acids is 11. The number of nitro groups is 1. The fraction of sp³-hybridized carbons (Fsp3) is 0.486. The Labute approximate surface area is 660 Å². The van der Waals surface area contributed by atoms with E-state index in [1.54, 1.807) is 30.3 Å². The second kappa shape index (κ2) is 37.4. The first-order chi connectivity index (χ1) is 54.7. The van der Waals surface area contributed by atoms with Crippen molar-refractivity contribution >= 4 is 118 Å². The lowest BCUT2D eigenvalue weighted by atomic mass is 9.77. The molecule has 41 heteroatoms. The molecule has 0 bridgehead atoms. The molecule has 616 valence electrons. The van der Waals surface area contributed by atoms with E-state index in [2.05, 4.69) is 42.4 Å². The number of nitrogens with zero attached hydrogens (tertiary/aromatic N) is 6. The monoisotopic (exact) mass is 1620 g/mol. The maximum atomic E-state index is 15.0. The zero-order valence-electron chi connectivity index (χ0n) is 62.4. The molecule has 0 aliphatic carbocycles. The number of aromatic hydroxyl groups is 2. The number of aliphatic hydroxyl groups excluding tert-OH is 1. The number of ether oxygens (including phenoxy) is 2. The minimum absolute atomic E-state index is 0.00762. The smallest absolute Gasteiger partial charge is 0.433 e. The Hall–Kier alpha value is -12.6. The first kappa shape index (κ1) is 84.9. The van der Waals surface area contributed by atoms with Gasteiger partial charge in [-0.05, 0) is 152 Å². The predicted octanol–water partition coefficient (Wildman–Crippen LogP) is 0.911. The molecule has 4 saturated heterocycles. The third-order valence-electron chi connectivity index (χ3n) is 20.6. The highest BCUT2D eigenvalue weighted by Crippen LogP contribution is 2.57. The van der Waals surface area contributed by atoms with Gasteiger partial charge in [0, 0.05) is 92.8 Å². The van der Waals surface area contributed by atoms with Gasteiger partial charge in [0.1, 0.15) is 94.6 Å². The van der Waals surface area contributed by atoms with E-state index in [0.717, 1.165) is 33.9 Å². The Morgan fingerprint density at radius 2 is 1.24 bits per heavy atom. The summed E-state index contributed by atoms with van der Waals surface area (Å²) in [5.41, 5.74) is 5.95. The van der Waals surface area contributed by atoms with Gasteiger partial charge in [-0.3, -0.25) is 72.4 Å². The van der Waals surface area contributed by atoms with Crippen LogP contribution in [0.15, 0.2) is 76.3 Å². The van der Waals surface area contributed by atoms with Gasteiger partial charge in [0.25, 0.3) is 0 Å². The van der Waals surface area contributed by atoms with E-state index < -0.39 is 205 Å². The van der Waals surface area contributed by atoms with Crippen LogP contribution in [0.2, 0.25) is 0 Å². The highest BCUT2D eigenvalue weighted by Gasteiger charge is 2.55. The number of oxime groups is 1. The van der Waals surface area contributed by atoms with Gasteiger partial charge in [-0.15, -0.1) is 0 Å². The molecular formula is C74H88N14O26S. The van der Waals surface area contributed by atoms with E-state index in [1.807, 2.05) is 0 Å². The summed E-state index contributed by atoms with van der Waals surface area (Å²) in [6.45, 7) is 2.36. The van der Waals surface area contributed by atoms with Gasteiger partial charge in [-0.25, -0.2) is 4.79 Å². The first-order valence-electron chi connectivity index (χ1n) is 37.3. The Kier molecular flexibility index (Phi) is 27.6. The number of piperidine rings is 1. The Bertz CT molecular complexity index is 4460. The third-order valence-corrected chi connectivity index (χ3v) is 20.8. The van der Waals surface area contributed by atoms with Gasteiger partial charge >= 0.3 is 29.8 Å². The summed E-state index contributed by atoms with van der Waals surface area (Å²) in [4.78, 5) is 210. The first-order valence-corrected chi connectivity index (χ1v) is 37.7. The number of rotatable bonds is 34. The van der Waals surface area contributed by atoms with Crippen molar-refractivity contribution in [3.05, 3.63) is 105 Å². The van der Waals surface area contributed by atoms with Gasteiger partial charge in [-0.2, -0.15) is 0 Å². The summed E-state index contributed by atoms with van der Waals surface area (Å²) >= 11 is 5.63. The van der Waals surface area contributed by atoms with Gasteiger partial charge in [0.05, 0.1) is 24.3 Å². The molecule has 3 aromatic carbocycles. The molecule has 1 unspecified atom stereocenters. The van der Waals surface area contributed by atoms with Crippen LogP contribution in [0, 0.1) is 10.1 Å². The molecule has 115 heavy (non-hydrogen) atoms. The number of esters is 1. The number of phenolic OH excluding ortho intramolecular Hbond substituents is 2. The van der Waals surface area contributed by atoms with E-state index in [0.29, 0.717) is 61.0 Å². The molecule has 4 fully saturated rings. The molecule has 6 aliphatic rings. The van der Waals surface area contributed by atoms with Crippen LogP contribution in [-0.2, 0) is 77.5 Å². The second-order valence-corrected chi connectivity index (χ2v) is 29.0. The number of fused-ring (bicyclic) bond motifs is 6.